The zero-order valence-electron chi connectivity index (χ0n) is 25.4. The lowest BCUT2D eigenvalue weighted by Crippen LogP contribution is -2.36. The number of ketones is 1. The minimum absolute atomic E-state index is 0.00130. The zero-order valence-corrected chi connectivity index (χ0v) is 27.9. The fourth-order valence-electron chi connectivity index (χ4n) is 5.28. The highest BCUT2D eigenvalue weighted by atomic mass is 32.2. The van der Waals surface area contributed by atoms with Gasteiger partial charge in [0.05, 0.1) is 29.2 Å². The van der Waals surface area contributed by atoms with Crippen LogP contribution in [0.3, 0.4) is 0 Å². The Morgan fingerprint density at radius 1 is 1.24 bits per heavy atom. The van der Waals surface area contributed by atoms with Crippen LogP contribution in [0, 0.1) is 12.3 Å². The number of benzene rings is 1. The SMILES string of the molecule is C#CCOCOCc1cc(C2(C)N=N2)ccc1C(=O)N1CCc2c(sc3nc(SCC(=O)c4cccs4)n(CC(=C)C)c(=O)c23)C1. The molecule has 236 valence electrons. The number of ether oxygens (including phenoxy) is 2. The maximum Gasteiger partial charge on any atom is 0.263 e. The van der Waals surface area contributed by atoms with Crippen LogP contribution in [-0.2, 0) is 41.3 Å². The van der Waals surface area contributed by atoms with E-state index in [1.807, 2.05) is 37.4 Å². The van der Waals surface area contributed by atoms with Crippen molar-refractivity contribution in [2.24, 2.45) is 10.2 Å². The fourth-order valence-corrected chi connectivity index (χ4v) is 8.19. The van der Waals surface area contributed by atoms with Gasteiger partial charge in [0, 0.05) is 29.1 Å². The summed E-state index contributed by atoms with van der Waals surface area (Å²) in [6.45, 7) is 9.16. The molecule has 3 aromatic heterocycles. The Kier molecular flexibility index (Phi) is 9.35. The van der Waals surface area contributed by atoms with Gasteiger partial charge in [0.15, 0.2) is 10.9 Å². The smallest absolute Gasteiger partial charge is 0.263 e. The number of rotatable bonds is 13. The van der Waals surface area contributed by atoms with Gasteiger partial charge >= 0.3 is 0 Å². The van der Waals surface area contributed by atoms with Gasteiger partial charge < -0.3 is 14.4 Å². The second-order valence-corrected chi connectivity index (χ2v) is 14.2. The maximum absolute atomic E-state index is 13.9. The molecule has 2 aliphatic rings. The molecule has 0 spiro atoms. The van der Waals surface area contributed by atoms with Crippen molar-refractivity contribution in [3.8, 4) is 12.3 Å². The number of thioether (sulfide) groups is 1. The molecule has 0 saturated carbocycles. The predicted molar refractivity (Wildman–Crippen MR) is 180 cm³/mol. The summed E-state index contributed by atoms with van der Waals surface area (Å²) in [4.78, 5) is 49.5. The number of terminal acetylenes is 1. The van der Waals surface area contributed by atoms with Crippen molar-refractivity contribution in [3.05, 3.63) is 90.2 Å². The number of hydrogen-bond acceptors (Lipinski definition) is 11. The first-order chi connectivity index (χ1) is 22.2. The van der Waals surface area contributed by atoms with Crippen molar-refractivity contribution in [1.29, 1.82) is 0 Å². The van der Waals surface area contributed by atoms with Gasteiger partial charge in [-0.25, -0.2) is 4.98 Å². The topological polar surface area (TPSA) is 115 Å². The minimum atomic E-state index is -0.605. The molecular formula is C33H31N5O5S3. The van der Waals surface area contributed by atoms with Crippen LogP contribution in [0.15, 0.2) is 68.0 Å². The lowest BCUT2D eigenvalue weighted by molar-refractivity contribution is -0.0505. The lowest BCUT2D eigenvalue weighted by Gasteiger charge is -2.28. The molecule has 0 fully saturated rings. The number of fused-ring (bicyclic) bond motifs is 3. The van der Waals surface area contributed by atoms with E-state index in [1.165, 1.54) is 34.4 Å². The summed E-state index contributed by atoms with van der Waals surface area (Å²) >= 11 is 4.08. The predicted octanol–water partition coefficient (Wildman–Crippen LogP) is 6.03. The summed E-state index contributed by atoms with van der Waals surface area (Å²) in [5, 5.41) is 11.2. The molecule has 0 N–H and O–H groups in total. The number of amides is 1. The Balaban J connectivity index is 1.26. The average molecular weight is 674 g/mol. The van der Waals surface area contributed by atoms with Crippen molar-refractivity contribution in [2.45, 2.75) is 50.8 Å². The van der Waals surface area contributed by atoms with Crippen LogP contribution >= 0.6 is 34.4 Å². The fraction of sp³-hybridized carbons (Fsp3) is 0.333. The number of thiophene rings is 2. The Hall–Kier alpha value is -3.93. The van der Waals surface area contributed by atoms with E-state index in [0.717, 1.165) is 21.6 Å². The van der Waals surface area contributed by atoms with Crippen LogP contribution in [0.2, 0.25) is 0 Å². The van der Waals surface area contributed by atoms with E-state index >= 15 is 0 Å². The zero-order chi connectivity index (χ0) is 32.4. The van der Waals surface area contributed by atoms with Crippen LogP contribution in [-0.4, -0.2) is 51.8 Å². The number of aromatic nitrogens is 2. The highest BCUT2D eigenvalue weighted by molar-refractivity contribution is 7.99. The molecule has 1 amide bonds. The molecule has 0 aliphatic carbocycles. The van der Waals surface area contributed by atoms with E-state index in [1.54, 1.807) is 21.6 Å². The standard InChI is InChI=1S/C33H31N5O5S3/c1-5-12-42-19-43-17-21-14-22(33(4)35-36-33)8-9-23(21)30(40)37-11-10-24-27(16-37)46-29-28(24)31(41)38(15-20(2)3)32(34-29)45-18-25(39)26-7-6-13-44-26/h1,6-9,13-14H,2,10-12,15-19H2,3-4H3. The van der Waals surface area contributed by atoms with Crippen molar-refractivity contribution in [3.63, 3.8) is 0 Å². The summed E-state index contributed by atoms with van der Waals surface area (Å²) in [6.07, 6.45) is 5.77. The molecule has 10 nitrogen and oxygen atoms in total. The van der Waals surface area contributed by atoms with Crippen LogP contribution in [0.1, 0.15) is 55.4 Å². The highest BCUT2D eigenvalue weighted by Gasteiger charge is 2.37. The molecular weight excluding hydrogens is 643 g/mol. The van der Waals surface area contributed by atoms with Crippen LogP contribution in [0.5, 0.6) is 0 Å². The maximum atomic E-state index is 13.9. The van der Waals surface area contributed by atoms with Gasteiger partial charge in [-0.3, -0.25) is 19.0 Å². The molecule has 0 radical (unpaired) electrons. The van der Waals surface area contributed by atoms with Crippen molar-refractivity contribution in [2.75, 3.05) is 25.7 Å². The largest absolute Gasteiger partial charge is 0.351 e. The second kappa shape index (κ2) is 13.4. The highest BCUT2D eigenvalue weighted by Crippen LogP contribution is 2.40. The van der Waals surface area contributed by atoms with Crippen LogP contribution in [0.4, 0.5) is 0 Å². The van der Waals surface area contributed by atoms with E-state index in [4.69, 9.17) is 20.9 Å². The van der Waals surface area contributed by atoms with Gasteiger partial charge in [-0.15, -0.1) is 29.1 Å². The number of carbonyl (C=O) groups is 2. The average Bonchev–Trinajstić information content (AvgIpc) is 3.41. The molecule has 0 unspecified atom stereocenters. The van der Waals surface area contributed by atoms with Gasteiger partial charge in [0.1, 0.15) is 18.2 Å². The van der Waals surface area contributed by atoms with Gasteiger partial charge in [-0.05, 0) is 55.0 Å². The summed E-state index contributed by atoms with van der Waals surface area (Å²) in [5.41, 5.74) is 3.08. The van der Waals surface area contributed by atoms with Crippen molar-refractivity contribution < 1.29 is 19.1 Å². The van der Waals surface area contributed by atoms with E-state index < -0.39 is 5.66 Å². The van der Waals surface area contributed by atoms with Crippen molar-refractivity contribution >= 4 is 56.3 Å². The number of hydrogen-bond donors (Lipinski definition) is 0. The first-order valence-corrected chi connectivity index (χ1v) is 17.2. The van der Waals surface area contributed by atoms with E-state index in [0.29, 0.717) is 57.4 Å². The van der Waals surface area contributed by atoms with Crippen molar-refractivity contribution in [1.82, 2.24) is 14.5 Å². The number of nitrogens with zero attached hydrogens (tertiary/aromatic N) is 5. The van der Waals surface area contributed by atoms with Gasteiger partial charge in [0.25, 0.3) is 11.5 Å². The lowest BCUT2D eigenvalue weighted by atomic mass is 9.97. The Morgan fingerprint density at radius 2 is 2.07 bits per heavy atom. The van der Waals surface area contributed by atoms with E-state index in [9.17, 15) is 14.4 Å². The first kappa shape index (κ1) is 32.0. The summed E-state index contributed by atoms with van der Waals surface area (Å²) in [7, 11) is 0. The molecule has 2 aliphatic heterocycles. The molecule has 13 heteroatoms. The summed E-state index contributed by atoms with van der Waals surface area (Å²) in [6, 6.07) is 9.21. The van der Waals surface area contributed by atoms with E-state index in [2.05, 4.69) is 22.7 Å². The third kappa shape index (κ3) is 6.63. The molecule has 6 rings (SSSR count). The second-order valence-electron chi connectivity index (χ2n) is 11.2. The van der Waals surface area contributed by atoms with Crippen LogP contribution < -0.4 is 5.56 Å². The van der Waals surface area contributed by atoms with Gasteiger partial charge in [-0.2, -0.15) is 10.2 Å². The summed E-state index contributed by atoms with van der Waals surface area (Å²) in [5.74, 6) is 2.42. The van der Waals surface area contributed by atoms with E-state index in [-0.39, 0.29) is 43.0 Å². The minimum Gasteiger partial charge on any atom is -0.351 e. The monoisotopic (exact) mass is 673 g/mol. The Morgan fingerprint density at radius 3 is 2.78 bits per heavy atom. The quantitative estimate of drug-likeness (QED) is 0.0324. The van der Waals surface area contributed by atoms with Crippen LogP contribution in [0.25, 0.3) is 10.2 Å². The molecule has 46 heavy (non-hydrogen) atoms. The number of Topliss-reactive ketones (excluding diaryl/α,β-unsaturated/α-hetero) is 1. The molecule has 0 saturated heterocycles. The first-order valence-electron chi connectivity index (χ1n) is 14.5. The third-order valence-electron chi connectivity index (χ3n) is 7.66. The molecule has 0 bridgehead atoms. The summed E-state index contributed by atoms with van der Waals surface area (Å²) < 4.78 is 12.5. The normalized spacial score (nSPS) is 14.7. The Bertz CT molecular complexity index is 1970. The Labute approximate surface area is 278 Å². The molecule has 5 heterocycles. The molecule has 0 atom stereocenters. The third-order valence-corrected chi connectivity index (χ3v) is 10.7. The van der Waals surface area contributed by atoms with Gasteiger partial charge in [0.2, 0.25) is 5.66 Å². The molecule has 1 aromatic carbocycles. The number of allylic oxidation sites excluding steroid dienone is 1. The number of carbonyl (C=O) groups excluding carboxylic acids is 2. The van der Waals surface area contributed by atoms with Gasteiger partial charge in [-0.1, -0.05) is 42.0 Å². The molecule has 4 aromatic rings.